The van der Waals surface area contributed by atoms with Gasteiger partial charge in [-0.05, 0) is 47.6 Å². The maximum Gasteiger partial charge on any atom is 0.271 e. The second-order valence-corrected chi connectivity index (χ2v) is 10.7. The van der Waals surface area contributed by atoms with Crippen LogP contribution in [-0.2, 0) is 10.0 Å². The second kappa shape index (κ2) is 7.25. The monoisotopic (exact) mass is 484 g/mol. The van der Waals surface area contributed by atoms with Crippen molar-refractivity contribution in [2.45, 2.75) is 23.2 Å². The number of ether oxygens (including phenoxy) is 1. The molecule has 2 aromatic rings. The van der Waals surface area contributed by atoms with E-state index in [0.717, 1.165) is 24.3 Å². The second-order valence-electron chi connectivity index (χ2n) is 5.92. The maximum absolute atomic E-state index is 12.5. The van der Waals surface area contributed by atoms with E-state index < -0.39 is 10.0 Å². The van der Waals surface area contributed by atoms with Gasteiger partial charge in [0.2, 0.25) is 0 Å². The normalized spacial score (nSPS) is 20.6. The van der Waals surface area contributed by atoms with E-state index in [9.17, 15) is 8.42 Å². The Hall–Kier alpha value is -0.510. The van der Waals surface area contributed by atoms with Gasteiger partial charge < -0.3 is 10.1 Å². The van der Waals surface area contributed by atoms with E-state index in [-0.39, 0.29) is 9.81 Å². The van der Waals surface area contributed by atoms with Gasteiger partial charge in [-0.3, -0.25) is 4.72 Å². The predicted octanol–water partition coefficient (Wildman–Crippen LogP) is 4.75. The van der Waals surface area contributed by atoms with Gasteiger partial charge in [-0.1, -0.05) is 23.2 Å². The van der Waals surface area contributed by atoms with Crippen molar-refractivity contribution in [3.05, 3.63) is 38.1 Å². The standard InChI is InChI=1S/C15H15BrCl2N2O3S2/c1-15(4-5-19-8-15)23-12-6-9(2-3-11(12)17)20-25(21,22)13-7-10(16)14(18)24-13/h2-3,6-7,19-20H,4-5,8H2,1H3/t15-/m1/s1. The Morgan fingerprint density at radius 1 is 1.36 bits per heavy atom. The predicted molar refractivity (Wildman–Crippen MR) is 106 cm³/mol. The number of benzene rings is 1. The number of rotatable bonds is 5. The first-order valence-corrected chi connectivity index (χ1v) is 11.2. The topological polar surface area (TPSA) is 67.4 Å². The fourth-order valence-corrected chi connectivity index (χ4v) is 5.96. The molecule has 3 rings (SSSR count). The van der Waals surface area contributed by atoms with Crippen molar-refractivity contribution < 1.29 is 13.2 Å². The van der Waals surface area contributed by atoms with Crippen LogP contribution in [0.1, 0.15) is 13.3 Å². The molecule has 0 unspecified atom stereocenters. The highest BCUT2D eigenvalue weighted by atomic mass is 79.9. The minimum atomic E-state index is -3.74. The van der Waals surface area contributed by atoms with Gasteiger partial charge in [0.25, 0.3) is 10.0 Å². The zero-order valence-electron chi connectivity index (χ0n) is 13.1. The van der Waals surface area contributed by atoms with Crippen molar-refractivity contribution in [2.24, 2.45) is 0 Å². The number of hydrogen-bond donors (Lipinski definition) is 2. The highest BCUT2D eigenvalue weighted by Gasteiger charge is 2.31. The van der Waals surface area contributed by atoms with Gasteiger partial charge >= 0.3 is 0 Å². The largest absolute Gasteiger partial charge is 0.485 e. The summed E-state index contributed by atoms with van der Waals surface area (Å²) in [4.78, 5) is 0. The third-order valence-corrected chi connectivity index (χ3v) is 8.40. The van der Waals surface area contributed by atoms with Crippen LogP contribution >= 0.6 is 50.5 Å². The third-order valence-electron chi connectivity index (χ3n) is 3.76. The molecule has 0 aliphatic carbocycles. The van der Waals surface area contributed by atoms with Crippen LogP contribution in [-0.4, -0.2) is 27.1 Å². The van der Waals surface area contributed by atoms with Crippen molar-refractivity contribution in [3.63, 3.8) is 0 Å². The molecule has 1 aromatic heterocycles. The smallest absolute Gasteiger partial charge is 0.271 e. The zero-order chi connectivity index (χ0) is 18.2. The highest BCUT2D eigenvalue weighted by Crippen LogP contribution is 2.37. The Morgan fingerprint density at radius 3 is 2.72 bits per heavy atom. The summed E-state index contributed by atoms with van der Waals surface area (Å²) in [7, 11) is -3.74. The minimum absolute atomic E-state index is 0.119. The molecule has 2 N–H and O–H groups in total. The van der Waals surface area contributed by atoms with Gasteiger partial charge in [0.1, 0.15) is 19.9 Å². The van der Waals surface area contributed by atoms with Crippen LogP contribution in [0.15, 0.2) is 32.9 Å². The molecular weight excluding hydrogens is 471 g/mol. The Bertz CT molecular complexity index is 877. The number of sulfonamides is 1. The van der Waals surface area contributed by atoms with Crippen LogP contribution in [0.2, 0.25) is 9.36 Å². The summed E-state index contributed by atoms with van der Waals surface area (Å²) >= 11 is 16.3. The third kappa shape index (κ3) is 4.43. The fraction of sp³-hybridized carbons (Fsp3) is 0.333. The molecule has 0 radical (unpaired) electrons. The number of nitrogens with one attached hydrogen (secondary N) is 2. The lowest BCUT2D eigenvalue weighted by atomic mass is 10.1. The van der Waals surface area contributed by atoms with Gasteiger partial charge in [0.05, 0.1) is 10.7 Å². The summed E-state index contributed by atoms with van der Waals surface area (Å²) in [6.45, 7) is 3.57. The molecule has 25 heavy (non-hydrogen) atoms. The summed E-state index contributed by atoms with van der Waals surface area (Å²) in [5.41, 5.74) is 0.00222. The molecule has 1 atom stereocenters. The molecule has 0 saturated carbocycles. The molecule has 1 fully saturated rings. The lowest BCUT2D eigenvalue weighted by Gasteiger charge is -2.25. The lowest BCUT2D eigenvalue weighted by molar-refractivity contribution is 0.111. The maximum atomic E-state index is 12.5. The van der Waals surface area contributed by atoms with Crippen LogP contribution in [0.4, 0.5) is 5.69 Å². The van der Waals surface area contributed by atoms with Crippen LogP contribution in [0.5, 0.6) is 5.75 Å². The van der Waals surface area contributed by atoms with E-state index >= 15 is 0 Å². The fourth-order valence-electron chi connectivity index (χ4n) is 2.46. The molecule has 0 amide bonds. The lowest BCUT2D eigenvalue weighted by Crippen LogP contribution is -2.34. The number of thiophene rings is 1. The van der Waals surface area contributed by atoms with E-state index in [4.69, 9.17) is 27.9 Å². The van der Waals surface area contributed by atoms with Crippen LogP contribution in [0, 0.1) is 0 Å². The molecule has 1 saturated heterocycles. The van der Waals surface area contributed by atoms with Crippen LogP contribution < -0.4 is 14.8 Å². The number of hydrogen-bond acceptors (Lipinski definition) is 5. The van der Waals surface area contributed by atoms with Gasteiger partial charge in [0, 0.05) is 23.5 Å². The first kappa shape index (κ1) is 19.3. The Morgan fingerprint density at radius 2 is 2.12 bits per heavy atom. The molecule has 2 heterocycles. The molecule has 136 valence electrons. The Kier molecular flexibility index (Phi) is 5.58. The average Bonchev–Trinajstić information content (AvgIpc) is 3.10. The SMILES string of the molecule is C[C@@]1(Oc2cc(NS(=O)(=O)c3cc(Br)c(Cl)s3)ccc2Cl)CCNC1. The Labute approximate surface area is 168 Å². The van der Waals surface area contributed by atoms with E-state index in [1.807, 2.05) is 6.92 Å². The highest BCUT2D eigenvalue weighted by molar-refractivity contribution is 9.10. The van der Waals surface area contributed by atoms with Gasteiger partial charge in [-0.2, -0.15) is 0 Å². The molecule has 0 bridgehead atoms. The van der Waals surface area contributed by atoms with Crippen molar-refractivity contribution in [1.29, 1.82) is 0 Å². The van der Waals surface area contributed by atoms with Gasteiger partial charge in [-0.15, -0.1) is 11.3 Å². The first-order chi connectivity index (χ1) is 11.7. The summed E-state index contributed by atoms with van der Waals surface area (Å²) in [5.74, 6) is 0.443. The van der Waals surface area contributed by atoms with E-state index in [1.165, 1.54) is 6.07 Å². The molecular formula is C15H15BrCl2N2O3S2. The quantitative estimate of drug-likeness (QED) is 0.641. The summed E-state index contributed by atoms with van der Waals surface area (Å²) < 4.78 is 34.6. The molecule has 10 heteroatoms. The van der Waals surface area contributed by atoms with E-state index in [1.54, 1.807) is 18.2 Å². The van der Waals surface area contributed by atoms with Crippen molar-refractivity contribution >= 4 is 66.2 Å². The van der Waals surface area contributed by atoms with Crippen molar-refractivity contribution in [1.82, 2.24) is 5.32 Å². The Balaban J connectivity index is 1.84. The van der Waals surface area contributed by atoms with E-state index in [0.29, 0.717) is 31.8 Å². The molecule has 1 aromatic carbocycles. The summed E-state index contributed by atoms with van der Waals surface area (Å²) in [6, 6.07) is 6.26. The zero-order valence-corrected chi connectivity index (χ0v) is 17.8. The van der Waals surface area contributed by atoms with Gasteiger partial charge in [-0.25, -0.2) is 8.42 Å². The van der Waals surface area contributed by atoms with Crippen molar-refractivity contribution in [2.75, 3.05) is 17.8 Å². The van der Waals surface area contributed by atoms with Crippen LogP contribution in [0.25, 0.3) is 0 Å². The number of anilines is 1. The molecule has 5 nitrogen and oxygen atoms in total. The van der Waals surface area contributed by atoms with Crippen molar-refractivity contribution in [3.8, 4) is 5.75 Å². The molecule has 1 aliphatic rings. The van der Waals surface area contributed by atoms with Gasteiger partial charge in [0.15, 0.2) is 0 Å². The molecule has 0 spiro atoms. The minimum Gasteiger partial charge on any atom is -0.485 e. The van der Waals surface area contributed by atoms with E-state index in [2.05, 4.69) is 26.0 Å². The number of halogens is 3. The van der Waals surface area contributed by atoms with Crippen LogP contribution in [0.3, 0.4) is 0 Å². The first-order valence-electron chi connectivity index (χ1n) is 7.35. The average molecular weight is 486 g/mol. The molecule has 1 aliphatic heterocycles. The summed E-state index contributed by atoms with van der Waals surface area (Å²) in [5, 5.41) is 3.67. The summed E-state index contributed by atoms with van der Waals surface area (Å²) in [6.07, 6.45) is 0.848.